The van der Waals surface area contributed by atoms with E-state index in [4.69, 9.17) is 4.74 Å². The zero-order valence-electron chi connectivity index (χ0n) is 19.5. The van der Waals surface area contributed by atoms with Gasteiger partial charge >= 0.3 is 0 Å². The Kier molecular flexibility index (Phi) is 6.25. The fraction of sp³-hybridized carbons (Fsp3) is 0.269. The summed E-state index contributed by atoms with van der Waals surface area (Å²) in [6.45, 7) is 2.93. The molecule has 3 heterocycles. The van der Waals surface area contributed by atoms with E-state index in [2.05, 4.69) is 10.4 Å². The normalized spacial score (nSPS) is 14.3. The molecule has 5 rings (SSSR count). The Hall–Kier alpha value is -3.72. The zero-order valence-corrected chi connectivity index (χ0v) is 20.3. The molecule has 1 aliphatic heterocycles. The molecule has 1 N–H and O–H groups in total. The van der Waals surface area contributed by atoms with Crippen LogP contribution in [0.4, 0.5) is 10.1 Å². The summed E-state index contributed by atoms with van der Waals surface area (Å²) < 4.78 is 20.4. The number of benzene rings is 2. The van der Waals surface area contributed by atoms with Crippen molar-refractivity contribution in [1.82, 2.24) is 14.7 Å². The molecule has 9 heteroatoms. The number of halogens is 1. The standard InChI is InChI=1S/C26H25FN4O3S/c1-16-20-15-23(35-26(20)31(29-16)19-9-7-18(27)8-10-19)25(33)30-13-11-17(12-14-30)24(32)28-21-5-3-4-6-22(21)34-2/h3-10,15,17H,11-14H2,1-2H3,(H,28,32). The summed E-state index contributed by atoms with van der Waals surface area (Å²) in [4.78, 5) is 29.3. The number of anilines is 1. The third-order valence-electron chi connectivity index (χ3n) is 6.34. The topological polar surface area (TPSA) is 76.5 Å². The first kappa shape index (κ1) is 23.0. The molecule has 4 aromatic rings. The number of likely N-dealkylation sites (tertiary alicyclic amines) is 1. The lowest BCUT2D eigenvalue weighted by atomic mass is 9.95. The predicted molar refractivity (Wildman–Crippen MR) is 134 cm³/mol. The van der Waals surface area contributed by atoms with Crippen LogP contribution in [0.3, 0.4) is 0 Å². The molecule has 0 radical (unpaired) electrons. The summed E-state index contributed by atoms with van der Waals surface area (Å²) >= 11 is 1.38. The van der Waals surface area contributed by atoms with Crippen molar-refractivity contribution < 1.29 is 18.7 Å². The molecule has 1 aliphatic rings. The molecule has 2 aromatic carbocycles. The fourth-order valence-electron chi connectivity index (χ4n) is 4.39. The van der Waals surface area contributed by atoms with Crippen LogP contribution in [-0.2, 0) is 4.79 Å². The number of hydrogen-bond donors (Lipinski definition) is 1. The number of carbonyl (C=O) groups is 2. The van der Waals surface area contributed by atoms with E-state index in [-0.39, 0.29) is 23.5 Å². The Balaban J connectivity index is 1.27. The lowest BCUT2D eigenvalue weighted by Crippen LogP contribution is -2.41. The van der Waals surface area contributed by atoms with E-state index in [1.807, 2.05) is 36.1 Å². The van der Waals surface area contributed by atoms with Crippen LogP contribution in [0.5, 0.6) is 5.75 Å². The number of thiophene rings is 1. The summed E-state index contributed by atoms with van der Waals surface area (Å²) in [5.41, 5.74) is 2.20. The van der Waals surface area contributed by atoms with E-state index in [0.717, 1.165) is 21.6 Å². The van der Waals surface area contributed by atoms with E-state index in [1.165, 1.54) is 23.5 Å². The third-order valence-corrected chi connectivity index (χ3v) is 7.44. The quantitative estimate of drug-likeness (QED) is 0.424. The number of ether oxygens (including phenoxy) is 1. The van der Waals surface area contributed by atoms with Crippen LogP contribution >= 0.6 is 11.3 Å². The van der Waals surface area contributed by atoms with E-state index in [9.17, 15) is 14.0 Å². The third kappa shape index (κ3) is 4.51. The number of para-hydroxylation sites is 2. The molecular formula is C26H25FN4O3S. The van der Waals surface area contributed by atoms with Crippen molar-refractivity contribution in [3.63, 3.8) is 0 Å². The number of methoxy groups -OCH3 is 1. The molecule has 0 saturated carbocycles. The van der Waals surface area contributed by atoms with Crippen molar-refractivity contribution in [2.24, 2.45) is 5.92 Å². The fourth-order valence-corrected chi connectivity index (χ4v) is 5.54. The van der Waals surface area contributed by atoms with Crippen molar-refractivity contribution in [3.05, 3.63) is 71.0 Å². The molecule has 1 fully saturated rings. The van der Waals surface area contributed by atoms with Gasteiger partial charge < -0.3 is 15.0 Å². The summed E-state index contributed by atoms with van der Waals surface area (Å²) in [6.07, 6.45) is 1.19. The minimum absolute atomic E-state index is 0.0418. The summed E-state index contributed by atoms with van der Waals surface area (Å²) in [7, 11) is 1.57. The summed E-state index contributed by atoms with van der Waals surface area (Å²) in [5, 5.41) is 8.43. The number of fused-ring (bicyclic) bond motifs is 1. The van der Waals surface area contributed by atoms with Crippen molar-refractivity contribution in [3.8, 4) is 11.4 Å². The highest BCUT2D eigenvalue weighted by molar-refractivity contribution is 7.20. The van der Waals surface area contributed by atoms with Crippen molar-refractivity contribution in [2.45, 2.75) is 19.8 Å². The monoisotopic (exact) mass is 492 g/mol. The van der Waals surface area contributed by atoms with E-state index in [1.54, 1.807) is 30.0 Å². The molecule has 0 bridgehead atoms. The molecule has 2 amide bonds. The number of aryl methyl sites for hydroxylation is 1. The van der Waals surface area contributed by atoms with Crippen molar-refractivity contribution >= 4 is 39.1 Å². The largest absolute Gasteiger partial charge is 0.495 e. The first-order valence-corrected chi connectivity index (χ1v) is 12.2. The Morgan fingerprint density at radius 3 is 2.54 bits per heavy atom. The molecule has 0 unspecified atom stereocenters. The molecule has 0 aliphatic carbocycles. The van der Waals surface area contributed by atoms with Gasteiger partial charge in [-0.15, -0.1) is 11.3 Å². The highest BCUT2D eigenvalue weighted by Crippen LogP contribution is 2.32. The van der Waals surface area contributed by atoms with Gasteiger partial charge in [0.15, 0.2) is 0 Å². The second-order valence-corrected chi connectivity index (χ2v) is 9.59. The lowest BCUT2D eigenvalue weighted by Gasteiger charge is -2.31. The van der Waals surface area contributed by atoms with Gasteiger partial charge in [-0.2, -0.15) is 5.10 Å². The van der Waals surface area contributed by atoms with Gasteiger partial charge in [0.2, 0.25) is 5.91 Å². The van der Waals surface area contributed by atoms with Gasteiger partial charge in [0.1, 0.15) is 16.4 Å². The molecule has 35 heavy (non-hydrogen) atoms. The maximum absolute atomic E-state index is 13.4. The minimum Gasteiger partial charge on any atom is -0.495 e. The van der Waals surface area contributed by atoms with Crippen LogP contribution in [0.2, 0.25) is 0 Å². The van der Waals surface area contributed by atoms with Crippen LogP contribution < -0.4 is 10.1 Å². The van der Waals surface area contributed by atoms with Crippen LogP contribution in [0.15, 0.2) is 54.6 Å². The second kappa shape index (κ2) is 9.50. The molecular weight excluding hydrogens is 467 g/mol. The van der Waals surface area contributed by atoms with Gasteiger partial charge in [-0.3, -0.25) is 9.59 Å². The van der Waals surface area contributed by atoms with Crippen LogP contribution in [0.1, 0.15) is 28.2 Å². The highest BCUT2D eigenvalue weighted by atomic mass is 32.1. The van der Waals surface area contributed by atoms with Crippen molar-refractivity contribution in [1.29, 1.82) is 0 Å². The maximum atomic E-state index is 13.4. The lowest BCUT2D eigenvalue weighted by molar-refractivity contribution is -0.121. The van der Waals surface area contributed by atoms with E-state index < -0.39 is 0 Å². The number of aromatic nitrogens is 2. The number of hydrogen-bond acceptors (Lipinski definition) is 5. The van der Waals surface area contributed by atoms with Gasteiger partial charge in [0, 0.05) is 24.4 Å². The number of nitrogens with one attached hydrogen (secondary N) is 1. The van der Waals surface area contributed by atoms with Crippen LogP contribution in [-0.4, -0.2) is 46.7 Å². The Morgan fingerprint density at radius 2 is 1.83 bits per heavy atom. The molecule has 0 spiro atoms. The summed E-state index contributed by atoms with van der Waals surface area (Å²) in [6, 6.07) is 15.3. The van der Waals surface area contributed by atoms with Crippen LogP contribution in [0, 0.1) is 18.7 Å². The number of carbonyl (C=O) groups excluding carboxylic acids is 2. The maximum Gasteiger partial charge on any atom is 0.264 e. The van der Waals surface area contributed by atoms with Gasteiger partial charge in [-0.25, -0.2) is 9.07 Å². The van der Waals surface area contributed by atoms with Gasteiger partial charge in [0.25, 0.3) is 5.91 Å². The van der Waals surface area contributed by atoms with Gasteiger partial charge in [-0.1, -0.05) is 12.1 Å². The molecule has 0 atom stereocenters. The average molecular weight is 493 g/mol. The van der Waals surface area contributed by atoms with Gasteiger partial charge in [0.05, 0.1) is 29.1 Å². The number of amides is 2. The first-order chi connectivity index (χ1) is 16.9. The van der Waals surface area contributed by atoms with E-state index in [0.29, 0.717) is 42.2 Å². The van der Waals surface area contributed by atoms with Crippen molar-refractivity contribution in [2.75, 3.05) is 25.5 Å². The molecule has 7 nitrogen and oxygen atoms in total. The highest BCUT2D eigenvalue weighted by Gasteiger charge is 2.29. The Labute approximate surface area is 206 Å². The summed E-state index contributed by atoms with van der Waals surface area (Å²) in [5.74, 6) is 0.0441. The SMILES string of the molecule is COc1ccccc1NC(=O)C1CCN(C(=O)c2cc3c(C)nn(-c4ccc(F)cc4)c3s2)CC1. The zero-order chi connectivity index (χ0) is 24.5. The Bertz CT molecular complexity index is 1390. The minimum atomic E-state index is -0.309. The number of piperidine rings is 1. The predicted octanol–water partition coefficient (Wildman–Crippen LogP) is 5.03. The number of nitrogens with zero attached hydrogens (tertiary/aromatic N) is 3. The van der Waals surface area contributed by atoms with Crippen LogP contribution in [0.25, 0.3) is 15.9 Å². The molecule has 1 saturated heterocycles. The van der Waals surface area contributed by atoms with E-state index >= 15 is 0 Å². The molecule has 2 aromatic heterocycles. The number of rotatable bonds is 5. The second-order valence-electron chi connectivity index (χ2n) is 8.56. The van der Waals surface area contributed by atoms with Gasteiger partial charge in [-0.05, 0) is 62.2 Å². The molecule has 180 valence electrons. The first-order valence-electron chi connectivity index (χ1n) is 11.4. The smallest absolute Gasteiger partial charge is 0.264 e. The average Bonchev–Trinajstić information content (AvgIpc) is 3.45. The Morgan fingerprint density at radius 1 is 1.11 bits per heavy atom.